The van der Waals surface area contributed by atoms with Crippen molar-refractivity contribution in [1.29, 1.82) is 0 Å². The molecule has 4 aliphatic heterocycles. The Labute approximate surface area is 357 Å². The van der Waals surface area contributed by atoms with E-state index in [4.69, 9.17) is 23.8 Å². The Hall–Kier alpha value is -4.43. The summed E-state index contributed by atoms with van der Waals surface area (Å²) in [5, 5.41) is 16.4. The van der Waals surface area contributed by atoms with Crippen LogP contribution in [0.3, 0.4) is 0 Å². The molecule has 3 N–H and O–H groups in total. The van der Waals surface area contributed by atoms with Gasteiger partial charge in [-0.2, -0.15) is 5.06 Å². The highest BCUT2D eigenvalue weighted by atomic mass is 16.8. The molecule has 7 fully saturated rings. The molecule has 12 heteroatoms. The van der Waals surface area contributed by atoms with Gasteiger partial charge >= 0.3 is 5.97 Å². The van der Waals surface area contributed by atoms with Crippen LogP contribution in [0.15, 0.2) is 90.5 Å². The van der Waals surface area contributed by atoms with Crippen LogP contribution in [0.1, 0.15) is 88.0 Å². The zero-order valence-electron chi connectivity index (χ0n) is 35.2. The highest BCUT2D eigenvalue weighted by molar-refractivity contribution is 5.94. The zero-order chi connectivity index (χ0) is 42.1. The fourth-order valence-corrected chi connectivity index (χ4v) is 11.8. The third-order valence-corrected chi connectivity index (χ3v) is 15.0. The van der Waals surface area contributed by atoms with E-state index in [0.717, 1.165) is 41.5 Å². The van der Waals surface area contributed by atoms with Gasteiger partial charge in [0.2, 0.25) is 17.6 Å². The number of nitrogens with one attached hydrogen (secondary N) is 2. The van der Waals surface area contributed by atoms with E-state index in [1.165, 1.54) is 18.4 Å². The number of benzene rings is 3. The second-order valence-corrected chi connectivity index (χ2v) is 19.2. The van der Waals surface area contributed by atoms with Crippen molar-refractivity contribution in [1.82, 2.24) is 15.7 Å². The average Bonchev–Trinajstić information content (AvgIpc) is 3.53. The molecular formula is C49H57N3O9. The molecule has 2 bridgehead atoms. The number of hydrogen-bond donors (Lipinski definition) is 3. The van der Waals surface area contributed by atoms with Crippen LogP contribution < -0.4 is 10.6 Å². The minimum Gasteiger partial charge on any atom is -0.458 e. The Morgan fingerprint density at radius 3 is 2.33 bits per heavy atom. The van der Waals surface area contributed by atoms with E-state index in [9.17, 15) is 19.5 Å². The van der Waals surface area contributed by atoms with Gasteiger partial charge < -0.3 is 34.7 Å². The van der Waals surface area contributed by atoms with Crippen LogP contribution in [-0.4, -0.2) is 89.8 Å². The van der Waals surface area contributed by atoms with Gasteiger partial charge in [0, 0.05) is 37.1 Å². The van der Waals surface area contributed by atoms with Gasteiger partial charge in [-0.1, -0.05) is 110 Å². The van der Waals surface area contributed by atoms with E-state index < -0.39 is 53.5 Å². The number of nitrogens with zero attached hydrogens (tertiary/aromatic N) is 1. The Morgan fingerprint density at radius 2 is 1.61 bits per heavy atom. The van der Waals surface area contributed by atoms with Crippen molar-refractivity contribution < 1.29 is 43.3 Å². The van der Waals surface area contributed by atoms with Gasteiger partial charge in [0.1, 0.15) is 29.8 Å². The van der Waals surface area contributed by atoms with E-state index in [2.05, 4.69) is 49.6 Å². The number of amides is 2. The molecule has 0 spiro atoms. The number of hydroxylamine groups is 2. The summed E-state index contributed by atoms with van der Waals surface area (Å²) in [4.78, 5) is 48.6. The maximum Gasteiger partial charge on any atom is 0.327 e. The normalized spacial score (nSPS) is 35.9. The second kappa shape index (κ2) is 15.4. The number of rotatable bonds is 11. The summed E-state index contributed by atoms with van der Waals surface area (Å²) >= 11 is 0. The first kappa shape index (κ1) is 40.6. The minimum atomic E-state index is -1.42. The molecule has 0 aromatic heterocycles. The summed E-state index contributed by atoms with van der Waals surface area (Å²) in [6.07, 6.45) is 5.06. The topological polar surface area (TPSA) is 148 Å². The zero-order valence-corrected chi connectivity index (χ0v) is 35.2. The number of hydrogen-bond acceptors (Lipinski definition) is 10. The lowest BCUT2D eigenvalue weighted by Gasteiger charge is -2.53. The molecule has 4 saturated heterocycles. The van der Waals surface area contributed by atoms with Crippen LogP contribution in [-0.2, 0) is 50.5 Å². The Balaban J connectivity index is 0.973. The van der Waals surface area contributed by atoms with E-state index in [0.29, 0.717) is 23.4 Å². The predicted octanol–water partition coefficient (Wildman–Crippen LogP) is 5.56. The maximum atomic E-state index is 14.8. The monoisotopic (exact) mass is 831 g/mol. The molecule has 3 aliphatic carbocycles. The molecule has 61 heavy (non-hydrogen) atoms. The van der Waals surface area contributed by atoms with E-state index in [1.807, 2.05) is 72.8 Å². The predicted molar refractivity (Wildman–Crippen MR) is 224 cm³/mol. The minimum absolute atomic E-state index is 0.000779. The average molecular weight is 832 g/mol. The van der Waals surface area contributed by atoms with Crippen LogP contribution in [0.25, 0.3) is 6.08 Å². The Morgan fingerprint density at radius 1 is 0.869 bits per heavy atom. The van der Waals surface area contributed by atoms with Crippen molar-refractivity contribution in [3.8, 4) is 0 Å². The summed E-state index contributed by atoms with van der Waals surface area (Å²) in [5.41, 5.74) is 3.92. The number of aliphatic hydroxyl groups excluding tert-OH is 1. The fraction of sp³-hybridized carbons (Fsp3) is 0.531. The molecule has 3 aromatic carbocycles. The Kier molecular flexibility index (Phi) is 10.3. The van der Waals surface area contributed by atoms with E-state index in [1.54, 1.807) is 5.06 Å². The number of carbonyl (C=O) groups excluding carboxylic acids is 3. The second-order valence-electron chi connectivity index (χ2n) is 19.2. The van der Waals surface area contributed by atoms with Crippen molar-refractivity contribution >= 4 is 23.9 Å². The molecule has 0 radical (unpaired) electrons. The molecule has 7 aliphatic rings. The summed E-state index contributed by atoms with van der Waals surface area (Å²) < 4.78 is 26.6. The van der Waals surface area contributed by atoms with Gasteiger partial charge in [0.05, 0.1) is 24.9 Å². The number of epoxide rings is 1. The smallest absolute Gasteiger partial charge is 0.327 e. The van der Waals surface area contributed by atoms with E-state index in [-0.39, 0.29) is 50.6 Å². The lowest BCUT2D eigenvalue weighted by Crippen LogP contribution is -2.69. The van der Waals surface area contributed by atoms with Crippen LogP contribution >= 0.6 is 0 Å². The van der Waals surface area contributed by atoms with Gasteiger partial charge in [0.25, 0.3) is 0 Å². The van der Waals surface area contributed by atoms with E-state index >= 15 is 0 Å². The van der Waals surface area contributed by atoms with Crippen LogP contribution in [0.2, 0.25) is 0 Å². The molecule has 3 aromatic rings. The molecular weight excluding hydrogens is 775 g/mol. The molecule has 4 heterocycles. The fourth-order valence-electron chi connectivity index (χ4n) is 11.8. The third-order valence-electron chi connectivity index (χ3n) is 15.0. The van der Waals surface area contributed by atoms with Gasteiger partial charge in [-0.05, 0) is 67.4 Å². The van der Waals surface area contributed by atoms with Crippen LogP contribution in [0, 0.1) is 22.7 Å². The number of carbonyl (C=O) groups is 3. The number of esters is 1. The summed E-state index contributed by atoms with van der Waals surface area (Å²) in [7, 11) is 0. The van der Waals surface area contributed by atoms with Gasteiger partial charge in [-0.15, -0.1) is 0 Å². The standard InChI is InChI=1S/C49H57N3O9/c1-46(2)27-35-32(17-18-38-47(3,58-38)21-19-36(35)46)26-30-11-10-12-31(25-30)29-52-42-44(55)57-37-28-48(42,45(56)51-22-20-39(54)50-23-24-53)43(61-52)41-40(37)59-49(60-41,33-13-6-4-7-14-33)34-15-8-5-9-16-34/h4-16,25-26,35-38,40-43,53H,17-24,27-29H2,1-3H3,(H,50,54)(H,51,56)/t35-,36-,37+,38?,40+,41+,42+,43-,47-,48+/m1/s1. The van der Waals surface area contributed by atoms with Crippen molar-refractivity contribution in [3.63, 3.8) is 0 Å². The van der Waals surface area contributed by atoms with Gasteiger partial charge in [-0.25, -0.2) is 0 Å². The molecule has 1 unspecified atom stereocenters. The van der Waals surface area contributed by atoms with Crippen molar-refractivity contribution in [2.45, 2.75) is 120 Å². The van der Waals surface area contributed by atoms with Crippen LogP contribution in [0.4, 0.5) is 0 Å². The maximum absolute atomic E-state index is 14.8. The molecule has 2 amide bonds. The van der Waals surface area contributed by atoms with Gasteiger partial charge in [-0.3, -0.25) is 19.2 Å². The third kappa shape index (κ3) is 6.94. The molecule has 322 valence electrons. The quantitative estimate of drug-likeness (QED) is 0.166. The number of ether oxygens (including phenoxy) is 4. The Bertz CT molecular complexity index is 2160. The summed E-state index contributed by atoms with van der Waals surface area (Å²) in [6, 6.07) is 26.6. The number of aliphatic hydroxyl groups is 1. The summed E-state index contributed by atoms with van der Waals surface area (Å²) in [5.74, 6) is -1.48. The number of allylic oxidation sites excluding steroid dienone is 1. The first-order valence-electron chi connectivity index (χ1n) is 22.2. The largest absolute Gasteiger partial charge is 0.458 e. The van der Waals surface area contributed by atoms with Crippen molar-refractivity contribution in [2.24, 2.45) is 22.7 Å². The highest BCUT2D eigenvalue weighted by Gasteiger charge is 2.76. The van der Waals surface area contributed by atoms with Gasteiger partial charge in [0.15, 0.2) is 6.04 Å². The van der Waals surface area contributed by atoms with Crippen LogP contribution in [0.5, 0.6) is 0 Å². The first-order valence-corrected chi connectivity index (χ1v) is 22.2. The molecule has 10 rings (SSSR count). The first-order chi connectivity index (χ1) is 29.4. The lowest BCUT2D eigenvalue weighted by atomic mass is 9.52. The SMILES string of the molecule is CC1(C)C[C@@H]2C(=Cc3cccc(CN4O[C@@H]5[C@H]6OC(c7ccccc7)(c7ccccc7)O[C@H]6[C@@H]6C[C@]5(C(=O)NCCC(=O)NCCO)[C@@H]4C(=O)O6)c3)CCC3O[C@]3(C)CC[C@H]21. The highest BCUT2D eigenvalue weighted by Crippen LogP contribution is 2.61. The lowest BCUT2D eigenvalue weighted by molar-refractivity contribution is -0.213. The molecule has 3 saturated carbocycles. The molecule has 12 nitrogen and oxygen atoms in total. The molecule has 10 atom stereocenters. The number of fused-ring (bicyclic) bond motifs is 6. The van der Waals surface area contributed by atoms with Crippen molar-refractivity contribution in [3.05, 3.63) is 113 Å². The summed E-state index contributed by atoms with van der Waals surface area (Å²) in [6.45, 7) is 7.26. The van der Waals surface area contributed by atoms with Crippen molar-refractivity contribution in [2.75, 3.05) is 19.7 Å².